The Hall–Kier alpha value is -0.570. The van der Waals surface area contributed by atoms with Crippen molar-refractivity contribution in [3.05, 3.63) is 0 Å². The van der Waals surface area contributed by atoms with Crippen LogP contribution in [0.4, 0.5) is 0 Å². The molecule has 0 aromatic rings. The fraction of sp³-hybridized carbons (Fsp3) is 0.917. The Morgan fingerprint density at radius 3 is 2.67 bits per heavy atom. The summed E-state index contributed by atoms with van der Waals surface area (Å²) in [5.74, 6) is 1.28. The molecule has 0 bridgehead atoms. The van der Waals surface area contributed by atoms with E-state index in [4.69, 9.17) is 0 Å². The quantitative estimate of drug-likeness (QED) is 0.749. The molecular formula is C12H24N2O. The number of hydrogen-bond donors (Lipinski definition) is 1. The van der Waals surface area contributed by atoms with Crippen LogP contribution < -0.4 is 5.32 Å². The van der Waals surface area contributed by atoms with E-state index in [1.807, 2.05) is 7.05 Å². The molecule has 1 amide bonds. The van der Waals surface area contributed by atoms with Crippen molar-refractivity contribution >= 4 is 5.91 Å². The van der Waals surface area contributed by atoms with E-state index in [-0.39, 0.29) is 5.92 Å². The second-order valence-corrected chi connectivity index (χ2v) is 4.51. The molecule has 0 radical (unpaired) electrons. The molecule has 1 atom stereocenters. The fourth-order valence-corrected chi connectivity index (χ4v) is 2.38. The molecule has 3 nitrogen and oxygen atoms in total. The van der Waals surface area contributed by atoms with Crippen LogP contribution in [0.2, 0.25) is 0 Å². The summed E-state index contributed by atoms with van der Waals surface area (Å²) in [5, 5.41) is 3.19. The zero-order valence-corrected chi connectivity index (χ0v) is 10.3. The third-order valence-electron chi connectivity index (χ3n) is 3.43. The van der Waals surface area contributed by atoms with Gasteiger partial charge in [-0.15, -0.1) is 0 Å². The van der Waals surface area contributed by atoms with Crippen molar-refractivity contribution in [2.75, 3.05) is 26.7 Å². The van der Waals surface area contributed by atoms with Gasteiger partial charge in [-0.3, -0.25) is 4.79 Å². The SMILES string of the molecule is CCC(CC)C(=O)N1CCC(CNC)C1. The standard InChI is InChI=1S/C12H24N2O/c1-4-11(5-2)12(15)14-7-6-10(9-14)8-13-3/h10-11,13H,4-9H2,1-3H3. The molecule has 0 aromatic heterocycles. The highest BCUT2D eigenvalue weighted by Crippen LogP contribution is 2.20. The van der Waals surface area contributed by atoms with Gasteiger partial charge in [0.05, 0.1) is 0 Å². The highest BCUT2D eigenvalue weighted by atomic mass is 16.2. The van der Waals surface area contributed by atoms with Crippen LogP contribution in [0.25, 0.3) is 0 Å². The average molecular weight is 212 g/mol. The lowest BCUT2D eigenvalue weighted by molar-refractivity contribution is -0.134. The number of carbonyl (C=O) groups excluding carboxylic acids is 1. The molecule has 1 fully saturated rings. The average Bonchev–Trinajstić information content (AvgIpc) is 2.68. The highest BCUT2D eigenvalue weighted by Gasteiger charge is 2.28. The summed E-state index contributed by atoms with van der Waals surface area (Å²) in [6, 6.07) is 0. The van der Waals surface area contributed by atoms with Crippen LogP contribution in [0.5, 0.6) is 0 Å². The van der Waals surface area contributed by atoms with Gasteiger partial charge in [-0.25, -0.2) is 0 Å². The van der Waals surface area contributed by atoms with Gasteiger partial charge in [0, 0.05) is 19.0 Å². The Morgan fingerprint density at radius 2 is 2.13 bits per heavy atom. The van der Waals surface area contributed by atoms with Crippen molar-refractivity contribution in [2.24, 2.45) is 11.8 Å². The number of carbonyl (C=O) groups is 1. The minimum atomic E-state index is 0.248. The van der Waals surface area contributed by atoms with Crippen LogP contribution in [0.15, 0.2) is 0 Å². The molecule has 1 aliphatic rings. The van der Waals surface area contributed by atoms with Gasteiger partial charge in [-0.1, -0.05) is 13.8 Å². The van der Waals surface area contributed by atoms with Gasteiger partial charge >= 0.3 is 0 Å². The molecule has 0 spiro atoms. The number of hydrogen-bond acceptors (Lipinski definition) is 2. The van der Waals surface area contributed by atoms with Gasteiger partial charge in [0.15, 0.2) is 0 Å². The maximum absolute atomic E-state index is 12.1. The topological polar surface area (TPSA) is 32.3 Å². The van der Waals surface area contributed by atoms with Gasteiger partial charge < -0.3 is 10.2 Å². The number of nitrogens with one attached hydrogen (secondary N) is 1. The number of likely N-dealkylation sites (tertiary alicyclic amines) is 1. The van der Waals surface area contributed by atoms with E-state index >= 15 is 0 Å². The van der Waals surface area contributed by atoms with Crippen LogP contribution in [-0.4, -0.2) is 37.5 Å². The lowest BCUT2D eigenvalue weighted by atomic mass is 10.0. The van der Waals surface area contributed by atoms with Crippen molar-refractivity contribution in [1.82, 2.24) is 10.2 Å². The van der Waals surface area contributed by atoms with Gasteiger partial charge in [-0.2, -0.15) is 0 Å². The first-order valence-corrected chi connectivity index (χ1v) is 6.16. The van der Waals surface area contributed by atoms with Gasteiger partial charge in [0.25, 0.3) is 0 Å². The van der Waals surface area contributed by atoms with E-state index < -0.39 is 0 Å². The van der Waals surface area contributed by atoms with Gasteiger partial charge in [-0.05, 0) is 38.8 Å². The summed E-state index contributed by atoms with van der Waals surface area (Å²) in [6.07, 6.45) is 3.11. The van der Waals surface area contributed by atoms with Gasteiger partial charge in [0.1, 0.15) is 0 Å². The molecule has 88 valence electrons. The molecule has 3 heteroatoms. The van der Waals surface area contributed by atoms with Crippen LogP contribution in [0.3, 0.4) is 0 Å². The number of nitrogens with zero attached hydrogens (tertiary/aromatic N) is 1. The molecule has 0 aromatic carbocycles. The number of rotatable bonds is 5. The molecule has 0 saturated carbocycles. The van der Waals surface area contributed by atoms with Crippen molar-refractivity contribution in [3.63, 3.8) is 0 Å². The Labute approximate surface area is 93.2 Å². The fourth-order valence-electron chi connectivity index (χ4n) is 2.38. The van der Waals surface area contributed by atoms with E-state index in [1.54, 1.807) is 0 Å². The first kappa shape index (κ1) is 12.5. The molecule has 1 saturated heterocycles. The lowest BCUT2D eigenvalue weighted by Crippen LogP contribution is -2.34. The summed E-state index contributed by atoms with van der Waals surface area (Å²) in [4.78, 5) is 14.1. The second kappa shape index (κ2) is 6.11. The lowest BCUT2D eigenvalue weighted by Gasteiger charge is -2.21. The van der Waals surface area contributed by atoms with E-state index in [0.717, 1.165) is 38.9 Å². The van der Waals surface area contributed by atoms with Crippen LogP contribution in [0.1, 0.15) is 33.1 Å². The van der Waals surface area contributed by atoms with Crippen molar-refractivity contribution in [2.45, 2.75) is 33.1 Å². The predicted molar refractivity (Wildman–Crippen MR) is 62.7 cm³/mol. The monoisotopic (exact) mass is 212 g/mol. The van der Waals surface area contributed by atoms with Crippen LogP contribution in [0, 0.1) is 11.8 Å². The maximum atomic E-state index is 12.1. The minimum absolute atomic E-state index is 0.248. The Morgan fingerprint density at radius 1 is 1.47 bits per heavy atom. The second-order valence-electron chi connectivity index (χ2n) is 4.51. The highest BCUT2D eigenvalue weighted by molar-refractivity contribution is 5.79. The van der Waals surface area contributed by atoms with Crippen molar-refractivity contribution < 1.29 is 4.79 Å². The molecule has 1 rings (SSSR count). The Balaban J connectivity index is 2.42. The van der Waals surface area contributed by atoms with E-state index in [1.165, 1.54) is 0 Å². The minimum Gasteiger partial charge on any atom is -0.342 e. The zero-order chi connectivity index (χ0) is 11.3. The molecule has 15 heavy (non-hydrogen) atoms. The summed E-state index contributed by atoms with van der Waals surface area (Å²) in [6.45, 7) is 7.16. The summed E-state index contributed by atoms with van der Waals surface area (Å²) >= 11 is 0. The predicted octanol–water partition coefficient (Wildman–Crippen LogP) is 1.49. The van der Waals surface area contributed by atoms with Crippen molar-refractivity contribution in [1.29, 1.82) is 0 Å². The van der Waals surface area contributed by atoms with Gasteiger partial charge in [0.2, 0.25) is 5.91 Å². The maximum Gasteiger partial charge on any atom is 0.225 e. The third kappa shape index (κ3) is 3.20. The molecule has 0 aliphatic carbocycles. The molecule has 1 heterocycles. The first-order valence-electron chi connectivity index (χ1n) is 6.16. The third-order valence-corrected chi connectivity index (χ3v) is 3.43. The number of amides is 1. The normalized spacial score (nSPS) is 21.3. The van der Waals surface area contributed by atoms with Crippen molar-refractivity contribution in [3.8, 4) is 0 Å². The summed E-state index contributed by atoms with van der Waals surface area (Å²) < 4.78 is 0. The van der Waals surface area contributed by atoms with Crippen LogP contribution in [-0.2, 0) is 4.79 Å². The summed E-state index contributed by atoms with van der Waals surface area (Å²) in [5.41, 5.74) is 0. The molecular weight excluding hydrogens is 188 g/mol. The first-order chi connectivity index (χ1) is 7.22. The Bertz CT molecular complexity index is 202. The Kier molecular flexibility index (Phi) is 5.09. The largest absolute Gasteiger partial charge is 0.342 e. The van der Waals surface area contributed by atoms with Crippen LogP contribution >= 0.6 is 0 Å². The summed E-state index contributed by atoms with van der Waals surface area (Å²) in [7, 11) is 1.98. The molecule has 1 aliphatic heterocycles. The van der Waals surface area contributed by atoms with E-state index in [2.05, 4.69) is 24.1 Å². The smallest absolute Gasteiger partial charge is 0.225 e. The molecule has 1 N–H and O–H groups in total. The van der Waals surface area contributed by atoms with E-state index in [9.17, 15) is 4.79 Å². The zero-order valence-electron chi connectivity index (χ0n) is 10.3. The molecule has 1 unspecified atom stereocenters. The van der Waals surface area contributed by atoms with E-state index in [0.29, 0.717) is 11.8 Å².